The number of carbonyl (C=O) groups is 3. The molecule has 1 amide bonds. The summed E-state index contributed by atoms with van der Waals surface area (Å²) >= 11 is 0. The molecule has 1 unspecified atom stereocenters. The molecule has 1 aromatic heterocycles. The summed E-state index contributed by atoms with van der Waals surface area (Å²) in [5.74, 6) is -2.97. The number of hydrogen-bond acceptors (Lipinski definition) is 9. The molecular weight excluding hydrogens is 430 g/mol. The van der Waals surface area contributed by atoms with Crippen molar-refractivity contribution in [2.45, 2.75) is 38.6 Å². The molecule has 0 aliphatic rings. The molecule has 0 fully saturated rings. The number of benzene rings is 1. The second-order valence-corrected chi connectivity index (χ2v) is 7.96. The highest BCUT2D eigenvalue weighted by molar-refractivity contribution is 5.88. The maximum Gasteiger partial charge on any atom is 0.336 e. The molecular formula is C23H29N3O7-2. The molecule has 10 heteroatoms. The molecule has 0 saturated heterocycles. The van der Waals surface area contributed by atoms with Crippen LogP contribution < -0.4 is 26.1 Å². The van der Waals surface area contributed by atoms with Gasteiger partial charge >= 0.3 is 5.63 Å². The number of carbonyl (C=O) groups excluding carboxylic acids is 3. The Labute approximate surface area is 191 Å². The van der Waals surface area contributed by atoms with Gasteiger partial charge in [0.05, 0.1) is 18.4 Å². The number of anilines is 1. The van der Waals surface area contributed by atoms with Crippen molar-refractivity contribution in [1.29, 1.82) is 0 Å². The molecule has 1 aromatic carbocycles. The van der Waals surface area contributed by atoms with Gasteiger partial charge in [0.15, 0.2) is 0 Å². The summed E-state index contributed by atoms with van der Waals surface area (Å²) in [6, 6.07) is 5.69. The van der Waals surface area contributed by atoms with Crippen LogP contribution in [0.2, 0.25) is 0 Å². The van der Waals surface area contributed by atoms with E-state index >= 15 is 0 Å². The Kier molecular flexibility index (Phi) is 9.41. The van der Waals surface area contributed by atoms with E-state index in [0.29, 0.717) is 35.9 Å². The summed E-state index contributed by atoms with van der Waals surface area (Å²) in [5.41, 5.74) is 1.29. The molecule has 10 nitrogen and oxygen atoms in total. The fourth-order valence-electron chi connectivity index (χ4n) is 3.63. The molecule has 2 rings (SSSR count). The maximum absolute atomic E-state index is 12.4. The predicted octanol–water partition coefficient (Wildman–Crippen LogP) is -1.12. The Morgan fingerprint density at radius 1 is 1.12 bits per heavy atom. The smallest absolute Gasteiger partial charge is 0.336 e. The molecule has 2 aromatic rings. The number of likely N-dealkylation sites (N-methyl/N-ethyl adjacent to an activating group) is 1. The third-order valence-electron chi connectivity index (χ3n) is 5.36. The van der Waals surface area contributed by atoms with Gasteiger partial charge < -0.3 is 34.4 Å². The minimum Gasteiger partial charge on any atom is -0.549 e. The van der Waals surface area contributed by atoms with Crippen LogP contribution in [-0.2, 0) is 20.8 Å². The van der Waals surface area contributed by atoms with E-state index in [1.165, 1.54) is 11.0 Å². The van der Waals surface area contributed by atoms with Crippen LogP contribution in [0.4, 0.5) is 5.69 Å². The van der Waals surface area contributed by atoms with Gasteiger partial charge in [-0.1, -0.05) is 6.92 Å². The Morgan fingerprint density at radius 3 is 2.45 bits per heavy atom. The van der Waals surface area contributed by atoms with E-state index in [0.717, 1.165) is 5.69 Å². The first-order valence-electron chi connectivity index (χ1n) is 10.8. The number of aliphatic carboxylic acids is 2. The van der Waals surface area contributed by atoms with Gasteiger partial charge in [-0.25, -0.2) is 4.79 Å². The van der Waals surface area contributed by atoms with Gasteiger partial charge in [-0.2, -0.15) is 0 Å². The molecule has 0 bridgehead atoms. The number of rotatable bonds is 13. The largest absolute Gasteiger partial charge is 0.549 e. The summed E-state index contributed by atoms with van der Waals surface area (Å²) in [4.78, 5) is 49.6. The third-order valence-corrected chi connectivity index (χ3v) is 5.36. The summed E-state index contributed by atoms with van der Waals surface area (Å²) in [6.07, 6.45) is 1.15. The maximum atomic E-state index is 12.4. The molecule has 0 aliphatic carbocycles. The number of nitrogens with one attached hydrogen (secondary N) is 1. The zero-order valence-corrected chi connectivity index (χ0v) is 19.1. The highest BCUT2D eigenvalue weighted by atomic mass is 16.4. The lowest BCUT2D eigenvalue weighted by atomic mass is 10.1. The number of carboxylic acids is 2. The molecule has 1 heterocycles. The quantitative estimate of drug-likeness (QED) is 0.291. The lowest BCUT2D eigenvalue weighted by Crippen LogP contribution is -2.51. The molecule has 0 aliphatic heterocycles. The van der Waals surface area contributed by atoms with Crippen LogP contribution in [0, 0.1) is 0 Å². The van der Waals surface area contributed by atoms with E-state index < -0.39 is 30.2 Å². The zero-order valence-electron chi connectivity index (χ0n) is 19.1. The summed E-state index contributed by atoms with van der Waals surface area (Å²) in [6.45, 7) is 1.73. The molecule has 33 heavy (non-hydrogen) atoms. The average molecular weight is 459 g/mol. The molecule has 180 valence electrons. The van der Waals surface area contributed by atoms with Crippen LogP contribution in [0.5, 0.6) is 0 Å². The molecule has 1 N–H and O–H groups in total. The van der Waals surface area contributed by atoms with Crippen LogP contribution in [0.15, 0.2) is 33.5 Å². The van der Waals surface area contributed by atoms with E-state index in [4.69, 9.17) is 4.42 Å². The van der Waals surface area contributed by atoms with Crippen molar-refractivity contribution in [3.8, 4) is 0 Å². The van der Waals surface area contributed by atoms with Crippen molar-refractivity contribution in [1.82, 2.24) is 10.2 Å². The van der Waals surface area contributed by atoms with Crippen LogP contribution in [0.25, 0.3) is 11.0 Å². The Morgan fingerprint density at radius 2 is 1.85 bits per heavy atom. The second kappa shape index (κ2) is 12.0. The first-order chi connectivity index (χ1) is 15.6. The Bertz CT molecular complexity index is 1050. The van der Waals surface area contributed by atoms with Gasteiger partial charge in [-0.3, -0.25) is 9.69 Å². The first-order valence-corrected chi connectivity index (χ1v) is 10.8. The number of carboxylic acid groups (broad SMARTS) is 2. The standard InChI is InChI=1S/C23H31N3O7/c1-4-26(14-21(28)29)18(23(31)32)7-5-6-10-24-20(27)11-15-12-22(30)33-19-13-16(25(2)3)8-9-17(15)19/h8-9,12-13,18H,4-7,10-11,14H2,1-3H3,(H,24,27)(H,28,29)(H,31,32)/p-2. The molecule has 0 radical (unpaired) electrons. The van der Waals surface area contributed by atoms with Crippen molar-refractivity contribution in [3.63, 3.8) is 0 Å². The van der Waals surface area contributed by atoms with Gasteiger partial charge in [0, 0.05) is 56.4 Å². The highest BCUT2D eigenvalue weighted by Crippen LogP contribution is 2.23. The van der Waals surface area contributed by atoms with Gasteiger partial charge in [-0.15, -0.1) is 0 Å². The van der Waals surface area contributed by atoms with Crippen LogP contribution >= 0.6 is 0 Å². The van der Waals surface area contributed by atoms with Gasteiger partial charge in [-0.05, 0) is 43.5 Å². The van der Waals surface area contributed by atoms with Crippen molar-refractivity contribution < 1.29 is 29.0 Å². The number of hydrogen-bond donors (Lipinski definition) is 1. The molecule has 1 atom stereocenters. The van der Waals surface area contributed by atoms with E-state index in [-0.39, 0.29) is 25.3 Å². The summed E-state index contributed by atoms with van der Waals surface area (Å²) < 4.78 is 5.27. The topological polar surface area (TPSA) is 146 Å². The van der Waals surface area contributed by atoms with E-state index in [9.17, 15) is 29.4 Å². The SMILES string of the molecule is CCN(CC(=O)[O-])C(CCCCNC(=O)Cc1cc(=O)oc2cc(N(C)C)ccc12)C(=O)[O-]. The number of fused-ring (bicyclic) bond motifs is 1. The van der Waals surface area contributed by atoms with Crippen molar-refractivity contribution in [2.24, 2.45) is 0 Å². The predicted molar refractivity (Wildman–Crippen MR) is 118 cm³/mol. The lowest BCUT2D eigenvalue weighted by molar-refractivity contribution is -0.315. The third kappa shape index (κ3) is 7.60. The summed E-state index contributed by atoms with van der Waals surface area (Å²) in [5, 5.41) is 25.6. The van der Waals surface area contributed by atoms with Crippen molar-refractivity contribution >= 4 is 34.5 Å². The van der Waals surface area contributed by atoms with Gasteiger partial charge in [0.2, 0.25) is 5.91 Å². The molecule has 0 saturated carbocycles. The van der Waals surface area contributed by atoms with E-state index in [1.807, 2.05) is 31.1 Å². The average Bonchev–Trinajstić information content (AvgIpc) is 2.73. The van der Waals surface area contributed by atoms with E-state index in [2.05, 4.69) is 5.32 Å². The summed E-state index contributed by atoms with van der Waals surface area (Å²) in [7, 11) is 3.74. The number of unbranched alkanes of at least 4 members (excludes halogenated alkanes) is 1. The van der Waals surface area contributed by atoms with Crippen LogP contribution in [-0.4, -0.2) is 62.5 Å². The van der Waals surface area contributed by atoms with Crippen LogP contribution in [0.1, 0.15) is 31.7 Å². The van der Waals surface area contributed by atoms with Crippen molar-refractivity contribution in [3.05, 3.63) is 40.2 Å². The Balaban J connectivity index is 1.90. The fourth-order valence-corrected chi connectivity index (χ4v) is 3.63. The monoisotopic (exact) mass is 459 g/mol. The minimum atomic E-state index is -1.35. The highest BCUT2D eigenvalue weighted by Gasteiger charge is 2.18. The Hall–Kier alpha value is -3.40. The van der Waals surface area contributed by atoms with Crippen molar-refractivity contribution in [2.75, 3.05) is 38.6 Å². The van der Waals surface area contributed by atoms with Crippen LogP contribution in [0.3, 0.4) is 0 Å². The van der Waals surface area contributed by atoms with Gasteiger partial charge in [0.25, 0.3) is 0 Å². The lowest BCUT2D eigenvalue weighted by Gasteiger charge is -2.31. The van der Waals surface area contributed by atoms with Gasteiger partial charge in [0.1, 0.15) is 5.58 Å². The molecule has 0 spiro atoms. The minimum absolute atomic E-state index is 0.000304. The number of nitrogens with zero attached hydrogens (tertiary/aromatic N) is 2. The fraction of sp³-hybridized carbons (Fsp3) is 0.478. The second-order valence-electron chi connectivity index (χ2n) is 7.96. The van der Waals surface area contributed by atoms with E-state index in [1.54, 1.807) is 13.0 Å². The number of amides is 1. The zero-order chi connectivity index (χ0) is 24.5. The normalized spacial score (nSPS) is 12.0. The first kappa shape index (κ1) is 25.9.